The van der Waals surface area contributed by atoms with Gasteiger partial charge in [0.25, 0.3) is 5.56 Å². The molecule has 0 N–H and O–H groups in total. The molecule has 0 radical (unpaired) electrons. The van der Waals surface area contributed by atoms with Gasteiger partial charge >= 0.3 is 5.97 Å². The lowest BCUT2D eigenvalue weighted by Gasteiger charge is -2.25. The van der Waals surface area contributed by atoms with Crippen LogP contribution < -0.4 is 19.6 Å². The molecule has 0 spiro atoms. The summed E-state index contributed by atoms with van der Waals surface area (Å²) in [6.07, 6.45) is 1.69. The minimum absolute atomic E-state index is 0.198. The Balaban J connectivity index is 1.96. The molecule has 2 heterocycles. The highest BCUT2D eigenvalue weighted by atomic mass is 79.9. The smallest absolute Gasteiger partial charge is 0.338 e. The predicted molar refractivity (Wildman–Crippen MR) is 127 cm³/mol. The molecule has 0 bridgehead atoms. The first-order valence-electron chi connectivity index (χ1n) is 10.1. The number of fused-ring (bicyclic) bond motifs is 1. The highest BCUT2D eigenvalue weighted by Crippen LogP contribution is 2.34. The fourth-order valence-electron chi connectivity index (χ4n) is 3.67. The molecule has 1 aromatic heterocycles. The van der Waals surface area contributed by atoms with Gasteiger partial charge in [0.2, 0.25) is 0 Å². The van der Waals surface area contributed by atoms with Crippen LogP contribution in [0.2, 0.25) is 0 Å². The summed E-state index contributed by atoms with van der Waals surface area (Å²) in [7, 11) is 1.56. The van der Waals surface area contributed by atoms with Crippen molar-refractivity contribution in [2.75, 3.05) is 13.7 Å². The molecule has 0 saturated carbocycles. The lowest BCUT2D eigenvalue weighted by molar-refractivity contribution is -0.139. The monoisotopic (exact) mass is 530 g/mol. The number of methoxy groups -OCH3 is 1. The van der Waals surface area contributed by atoms with E-state index < -0.39 is 12.0 Å². The average molecular weight is 531 g/mol. The van der Waals surface area contributed by atoms with E-state index in [0.29, 0.717) is 42.0 Å². The summed E-state index contributed by atoms with van der Waals surface area (Å²) in [4.78, 5) is 31.4. The maximum Gasteiger partial charge on any atom is 0.338 e. The largest absolute Gasteiger partial charge is 0.496 e. The fraction of sp³-hybridized carbons (Fsp3) is 0.208. The van der Waals surface area contributed by atoms with Crippen molar-refractivity contribution in [3.63, 3.8) is 0 Å². The molecule has 1 aliphatic heterocycles. The van der Waals surface area contributed by atoms with Crippen LogP contribution in [0.4, 0.5) is 4.39 Å². The Labute approximate surface area is 201 Å². The minimum Gasteiger partial charge on any atom is -0.496 e. The van der Waals surface area contributed by atoms with Crippen molar-refractivity contribution in [3.05, 3.63) is 94.8 Å². The summed E-state index contributed by atoms with van der Waals surface area (Å²) in [5.74, 6) is -0.252. The number of allylic oxidation sites excluding steroid dienone is 1. The number of esters is 1. The number of hydrogen-bond donors (Lipinski definition) is 0. The number of aromatic nitrogens is 1. The number of nitrogens with zero attached hydrogens (tertiary/aromatic N) is 2. The van der Waals surface area contributed by atoms with Gasteiger partial charge in [0.15, 0.2) is 4.80 Å². The van der Waals surface area contributed by atoms with Crippen molar-refractivity contribution >= 4 is 39.3 Å². The topological polar surface area (TPSA) is 69.9 Å². The molecule has 3 aromatic rings. The Morgan fingerprint density at radius 3 is 2.64 bits per heavy atom. The van der Waals surface area contributed by atoms with Crippen molar-refractivity contribution in [2.24, 2.45) is 4.99 Å². The number of hydrogen-bond acceptors (Lipinski definition) is 6. The first-order chi connectivity index (χ1) is 15.8. The Hall–Kier alpha value is -3.04. The third-order valence-electron chi connectivity index (χ3n) is 5.18. The summed E-state index contributed by atoms with van der Waals surface area (Å²) in [5.41, 5.74) is 1.88. The van der Waals surface area contributed by atoms with Crippen LogP contribution in [-0.2, 0) is 9.53 Å². The molecule has 170 valence electrons. The molecule has 1 atom stereocenters. The summed E-state index contributed by atoms with van der Waals surface area (Å²) >= 11 is 4.70. The highest BCUT2D eigenvalue weighted by molar-refractivity contribution is 9.10. The molecule has 0 unspecified atom stereocenters. The first-order valence-corrected chi connectivity index (χ1v) is 11.7. The minimum atomic E-state index is -0.724. The molecule has 0 fully saturated rings. The summed E-state index contributed by atoms with van der Waals surface area (Å²) < 4.78 is 26.5. The van der Waals surface area contributed by atoms with E-state index in [4.69, 9.17) is 9.47 Å². The molecular formula is C24H20BrFN2O4S. The molecule has 0 aliphatic carbocycles. The Morgan fingerprint density at radius 1 is 1.27 bits per heavy atom. The molecule has 1 aliphatic rings. The molecule has 0 saturated heterocycles. The zero-order chi connectivity index (χ0) is 23.7. The molecule has 6 nitrogen and oxygen atoms in total. The first kappa shape index (κ1) is 23.1. The van der Waals surface area contributed by atoms with E-state index in [1.807, 2.05) is 12.1 Å². The van der Waals surface area contributed by atoms with Crippen LogP contribution in [-0.4, -0.2) is 24.3 Å². The van der Waals surface area contributed by atoms with Gasteiger partial charge < -0.3 is 9.47 Å². The van der Waals surface area contributed by atoms with E-state index in [9.17, 15) is 14.0 Å². The maximum absolute atomic E-state index is 13.5. The van der Waals surface area contributed by atoms with E-state index >= 15 is 0 Å². The Morgan fingerprint density at radius 2 is 2.00 bits per heavy atom. The number of benzene rings is 2. The van der Waals surface area contributed by atoms with Gasteiger partial charge in [-0.2, -0.15) is 0 Å². The van der Waals surface area contributed by atoms with Gasteiger partial charge in [-0.25, -0.2) is 14.2 Å². The predicted octanol–water partition coefficient (Wildman–Crippen LogP) is 3.71. The zero-order valence-corrected chi connectivity index (χ0v) is 20.5. The van der Waals surface area contributed by atoms with Gasteiger partial charge in [0, 0.05) is 0 Å². The quantitative estimate of drug-likeness (QED) is 0.471. The average Bonchev–Trinajstić information content (AvgIpc) is 3.09. The van der Waals surface area contributed by atoms with E-state index in [2.05, 4.69) is 20.9 Å². The second-order valence-corrected chi connectivity index (χ2v) is 9.11. The van der Waals surface area contributed by atoms with Gasteiger partial charge in [-0.3, -0.25) is 9.36 Å². The van der Waals surface area contributed by atoms with Crippen LogP contribution in [0.1, 0.15) is 31.0 Å². The lowest BCUT2D eigenvalue weighted by atomic mass is 9.96. The van der Waals surface area contributed by atoms with Crippen LogP contribution >= 0.6 is 27.3 Å². The fourth-order valence-corrected chi connectivity index (χ4v) is 5.27. The van der Waals surface area contributed by atoms with Crippen LogP contribution in [0.25, 0.3) is 6.08 Å². The molecule has 2 aromatic carbocycles. The normalized spacial score (nSPS) is 15.8. The third kappa shape index (κ3) is 4.43. The number of halogens is 2. The van der Waals surface area contributed by atoms with Gasteiger partial charge in [0.05, 0.1) is 40.0 Å². The molecular weight excluding hydrogens is 511 g/mol. The molecule has 4 rings (SSSR count). The van der Waals surface area contributed by atoms with E-state index in [0.717, 1.165) is 0 Å². The van der Waals surface area contributed by atoms with E-state index in [-0.39, 0.29) is 18.0 Å². The standard InChI is InChI=1S/C24H20BrFN2O4S/c1-4-32-23(30)20-13(2)27-24-28(21(20)15-7-10-18(31-3)17(25)12-15)22(29)19(33-24)11-14-5-8-16(26)9-6-14/h5-12,21H,4H2,1-3H3/b19-11+/t21-/m1/s1. The van der Waals surface area contributed by atoms with E-state index in [1.165, 1.54) is 28.0 Å². The number of carbonyl (C=O) groups is 1. The van der Waals surface area contributed by atoms with Crippen LogP contribution in [0.15, 0.2) is 68.0 Å². The van der Waals surface area contributed by atoms with Crippen LogP contribution in [0.3, 0.4) is 0 Å². The zero-order valence-electron chi connectivity index (χ0n) is 18.1. The van der Waals surface area contributed by atoms with Crippen LogP contribution in [0.5, 0.6) is 5.75 Å². The second kappa shape index (κ2) is 9.44. The lowest BCUT2D eigenvalue weighted by Crippen LogP contribution is -2.39. The number of ether oxygens (including phenoxy) is 2. The van der Waals surface area contributed by atoms with Gasteiger partial charge in [-0.1, -0.05) is 29.5 Å². The van der Waals surface area contributed by atoms with Crippen molar-refractivity contribution in [3.8, 4) is 5.75 Å². The van der Waals surface area contributed by atoms with Crippen LogP contribution in [0, 0.1) is 5.82 Å². The van der Waals surface area contributed by atoms with Crippen molar-refractivity contribution in [1.29, 1.82) is 0 Å². The van der Waals surface area contributed by atoms with Crippen molar-refractivity contribution < 1.29 is 18.7 Å². The second-order valence-electron chi connectivity index (χ2n) is 7.25. The molecule has 33 heavy (non-hydrogen) atoms. The maximum atomic E-state index is 13.5. The summed E-state index contributed by atoms with van der Waals surface area (Å²) in [5, 5.41) is 0. The van der Waals surface area contributed by atoms with Crippen molar-refractivity contribution in [1.82, 2.24) is 4.57 Å². The van der Waals surface area contributed by atoms with Gasteiger partial charge in [-0.05, 0) is 71.2 Å². The Bertz CT molecular complexity index is 1440. The Kier molecular flexibility index (Phi) is 6.62. The molecule has 0 amide bonds. The SMILES string of the molecule is CCOC(=O)C1=C(C)N=c2s/c(=C/c3ccc(F)cc3)c(=O)n2[C@@H]1c1ccc(OC)c(Br)c1. The summed E-state index contributed by atoms with van der Waals surface area (Å²) in [6, 6.07) is 10.5. The number of carbonyl (C=O) groups excluding carboxylic acids is 1. The van der Waals surface area contributed by atoms with Gasteiger partial charge in [-0.15, -0.1) is 0 Å². The van der Waals surface area contributed by atoms with Crippen molar-refractivity contribution in [2.45, 2.75) is 19.9 Å². The molecule has 9 heteroatoms. The van der Waals surface area contributed by atoms with E-state index in [1.54, 1.807) is 45.2 Å². The number of thiazole rings is 1. The highest BCUT2D eigenvalue weighted by Gasteiger charge is 2.33. The summed E-state index contributed by atoms with van der Waals surface area (Å²) in [6.45, 7) is 3.66. The number of rotatable bonds is 5. The van der Waals surface area contributed by atoms with Gasteiger partial charge in [0.1, 0.15) is 11.6 Å². The third-order valence-corrected chi connectivity index (χ3v) is 6.78.